The van der Waals surface area contributed by atoms with Crippen LogP contribution in [0.15, 0.2) is 24.3 Å². The maximum Gasteiger partial charge on any atom is 0.433 e. The van der Waals surface area contributed by atoms with E-state index in [1.807, 2.05) is 19.9 Å². The van der Waals surface area contributed by atoms with Crippen molar-refractivity contribution < 1.29 is 31.1 Å². The highest BCUT2D eigenvalue weighted by molar-refractivity contribution is 6.29. The van der Waals surface area contributed by atoms with Crippen LogP contribution in [0.3, 0.4) is 0 Å². The smallest absolute Gasteiger partial charge is 0.433 e. The van der Waals surface area contributed by atoms with Gasteiger partial charge in [-0.15, -0.1) is 5.10 Å². The molecule has 1 saturated carbocycles. The van der Waals surface area contributed by atoms with E-state index in [2.05, 4.69) is 25.3 Å². The van der Waals surface area contributed by atoms with Gasteiger partial charge in [0.1, 0.15) is 10.8 Å². The van der Waals surface area contributed by atoms with Gasteiger partial charge in [-0.2, -0.15) is 31.3 Å². The third-order valence-electron chi connectivity index (χ3n) is 7.05. The zero-order valence-corrected chi connectivity index (χ0v) is 20.5. The van der Waals surface area contributed by atoms with Gasteiger partial charge in [0.05, 0.1) is 0 Å². The highest BCUT2D eigenvalue weighted by Crippen LogP contribution is 2.49. The maximum absolute atomic E-state index is 13.6. The average Bonchev–Trinajstić information content (AvgIpc) is 3.36. The minimum Gasteiger partial charge on any atom is -0.480 e. The number of pyridine rings is 2. The Balaban J connectivity index is 1.41. The van der Waals surface area contributed by atoms with Crippen LogP contribution in [-0.4, -0.2) is 51.5 Å². The van der Waals surface area contributed by atoms with E-state index in [4.69, 9.17) is 16.3 Å². The van der Waals surface area contributed by atoms with Crippen molar-refractivity contribution in [3.05, 3.63) is 40.8 Å². The molecule has 1 aliphatic carbocycles. The topological polar surface area (TPSA) is 67.6 Å². The summed E-state index contributed by atoms with van der Waals surface area (Å²) in [5, 5.41) is 7.52. The van der Waals surface area contributed by atoms with Crippen molar-refractivity contribution >= 4 is 28.9 Å². The monoisotopic (exact) mass is 548 g/mol. The quantitative estimate of drug-likeness (QED) is 0.319. The fraction of sp³-hybridized carbons (Fsp3) is 0.522. The predicted octanol–water partition coefficient (Wildman–Crippen LogP) is 5.62. The minimum absolute atomic E-state index is 0.100. The summed E-state index contributed by atoms with van der Waals surface area (Å²) in [5.74, 6) is 0.191. The SMILES string of the molecule is CC[C@@H]1C2CN(c3cc(C)nc(Cl)c3)C[C@H]2[C@@H]1Nc1nc2c(OCC(F)(F)F)ccc(C(F)(F)F)n2n1. The van der Waals surface area contributed by atoms with Crippen LogP contribution < -0.4 is 15.0 Å². The lowest BCUT2D eigenvalue weighted by Crippen LogP contribution is -2.54. The molecule has 4 heterocycles. The number of halogens is 7. The van der Waals surface area contributed by atoms with Crippen LogP contribution in [0.25, 0.3) is 5.65 Å². The number of anilines is 2. The lowest BCUT2D eigenvalue weighted by molar-refractivity contribution is -0.153. The number of rotatable bonds is 6. The van der Waals surface area contributed by atoms with Crippen LogP contribution >= 0.6 is 11.6 Å². The molecule has 200 valence electrons. The second kappa shape index (κ2) is 9.10. The van der Waals surface area contributed by atoms with Crippen molar-refractivity contribution in [2.75, 3.05) is 29.9 Å². The predicted molar refractivity (Wildman–Crippen MR) is 124 cm³/mol. The molecule has 37 heavy (non-hydrogen) atoms. The average molecular weight is 549 g/mol. The van der Waals surface area contributed by atoms with Crippen LogP contribution in [0.5, 0.6) is 5.75 Å². The van der Waals surface area contributed by atoms with Crippen molar-refractivity contribution in [1.29, 1.82) is 0 Å². The molecule has 0 radical (unpaired) electrons. The summed E-state index contributed by atoms with van der Waals surface area (Å²) in [5.41, 5.74) is 0.132. The molecule has 1 N–H and O–H groups in total. The summed E-state index contributed by atoms with van der Waals surface area (Å²) in [6.07, 6.45) is -8.64. The minimum atomic E-state index is -4.80. The van der Waals surface area contributed by atoms with Gasteiger partial charge in [0.2, 0.25) is 5.95 Å². The van der Waals surface area contributed by atoms with Crippen LogP contribution in [0.4, 0.5) is 38.0 Å². The molecule has 1 unspecified atom stereocenters. The Kier molecular flexibility index (Phi) is 6.32. The molecule has 3 aromatic heterocycles. The van der Waals surface area contributed by atoms with E-state index in [9.17, 15) is 26.3 Å². The summed E-state index contributed by atoms with van der Waals surface area (Å²) >= 11 is 6.13. The van der Waals surface area contributed by atoms with E-state index in [0.717, 1.165) is 30.4 Å². The lowest BCUT2D eigenvalue weighted by Gasteiger charge is -2.47. The van der Waals surface area contributed by atoms with Crippen LogP contribution in [0.2, 0.25) is 5.15 Å². The van der Waals surface area contributed by atoms with E-state index in [1.165, 1.54) is 0 Å². The molecule has 14 heteroatoms. The molecule has 1 saturated heterocycles. The number of fused-ring (bicyclic) bond motifs is 2. The summed E-state index contributed by atoms with van der Waals surface area (Å²) in [6.45, 7) is 3.72. The molecule has 3 aromatic rings. The third kappa shape index (κ3) is 4.97. The Hall–Kier alpha value is -2.96. The fourth-order valence-electron chi connectivity index (χ4n) is 5.54. The fourth-order valence-corrected chi connectivity index (χ4v) is 5.78. The maximum atomic E-state index is 13.6. The second-order valence-electron chi connectivity index (χ2n) is 9.42. The lowest BCUT2D eigenvalue weighted by atomic mass is 9.61. The Bertz CT molecular complexity index is 1290. The van der Waals surface area contributed by atoms with Gasteiger partial charge in [-0.1, -0.05) is 24.9 Å². The highest BCUT2D eigenvalue weighted by Gasteiger charge is 2.54. The Morgan fingerprint density at radius 2 is 1.81 bits per heavy atom. The van der Waals surface area contributed by atoms with Crippen molar-refractivity contribution in [2.45, 2.75) is 38.7 Å². The second-order valence-corrected chi connectivity index (χ2v) is 9.81. The van der Waals surface area contributed by atoms with E-state index in [-0.39, 0.29) is 23.8 Å². The summed E-state index contributed by atoms with van der Waals surface area (Å²) in [6, 6.07) is 5.08. The molecule has 0 amide bonds. The van der Waals surface area contributed by atoms with E-state index in [1.54, 1.807) is 6.07 Å². The first-order valence-electron chi connectivity index (χ1n) is 11.7. The zero-order chi connectivity index (χ0) is 26.7. The molecule has 2 aliphatic rings. The summed E-state index contributed by atoms with van der Waals surface area (Å²) in [4.78, 5) is 10.5. The summed E-state index contributed by atoms with van der Waals surface area (Å²) in [7, 11) is 0. The van der Waals surface area contributed by atoms with Crippen molar-refractivity contribution in [2.24, 2.45) is 17.8 Å². The third-order valence-corrected chi connectivity index (χ3v) is 7.25. The number of hydrogen-bond donors (Lipinski definition) is 1. The molecule has 0 spiro atoms. The van der Waals surface area contributed by atoms with Gasteiger partial charge in [0.25, 0.3) is 0 Å². The van der Waals surface area contributed by atoms with Gasteiger partial charge in [-0.25, -0.2) is 9.50 Å². The molecular formula is C23H23ClF6N6O. The normalized spacial score (nSPS) is 23.8. The molecule has 0 bridgehead atoms. The van der Waals surface area contributed by atoms with Gasteiger partial charge in [-0.3, -0.25) is 0 Å². The number of nitrogens with zero attached hydrogens (tertiary/aromatic N) is 5. The van der Waals surface area contributed by atoms with Crippen LogP contribution in [-0.2, 0) is 6.18 Å². The Morgan fingerprint density at radius 1 is 1.08 bits per heavy atom. The van der Waals surface area contributed by atoms with Gasteiger partial charge in [0.15, 0.2) is 18.0 Å². The van der Waals surface area contributed by atoms with Crippen LogP contribution in [0, 0.1) is 24.7 Å². The molecule has 1 aliphatic heterocycles. The van der Waals surface area contributed by atoms with Gasteiger partial charge in [-0.05, 0) is 43.0 Å². The van der Waals surface area contributed by atoms with Gasteiger partial charge < -0.3 is 15.0 Å². The molecule has 2 fully saturated rings. The Labute approximate surface area is 212 Å². The molecule has 5 rings (SSSR count). The first-order chi connectivity index (χ1) is 17.3. The van der Waals surface area contributed by atoms with Crippen molar-refractivity contribution in [3.8, 4) is 5.75 Å². The van der Waals surface area contributed by atoms with Gasteiger partial charge >= 0.3 is 12.4 Å². The molecule has 0 aromatic carbocycles. The summed E-state index contributed by atoms with van der Waals surface area (Å²) < 4.78 is 84.0. The standard InChI is InChI=1S/C23H23ClF6N6O/c1-3-13-14-8-35(12-6-11(2)31-18(24)7-12)9-15(14)19(13)32-21-33-20-16(37-10-22(25,26)27)4-5-17(23(28,29)30)36(20)34-21/h4-7,13-15,19H,3,8-10H2,1-2H3,(H,32,34)/t13-,14?,15-,19-/m1/s1. The van der Waals surface area contributed by atoms with Crippen molar-refractivity contribution in [1.82, 2.24) is 19.6 Å². The number of aromatic nitrogens is 4. The van der Waals surface area contributed by atoms with Crippen molar-refractivity contribution in [3.63, 3.8) is 0 Å². The number of aryl methyl sites for hydroxylation is 1. The first kappa shape index (κ1) is 25.7. The van der Waals surface area contributed by atoms with E-state index < -0.39 is 36.1 Å². The first-order valence-corrected chi connectivity index (χ1v) is 12.0. The Morgan fingerprint density at radius 3 is 2.46 bits per heavy atom. The van der Waals surface area contributed by atoms with E-state index >= 15 is 0 Å². The largest absolute Gasteiger partial charge is 0.480 e. The van der Waals surface area contributed by atoms with Crippen LogP contribution in [0.1, 0.15) is 24.7 Å². The number of hydrogen-bond acceptors (Lipinski definition) is 6. The zero-order valence-electron chi connectivity index (χ0n) is 19.7. The molecule has 4 atom stereocenters. The number of nitrogens with one attached hydrogen (secondary N) is 1. The van der Waals surface area contributed by atoms with Gasteiger partial charge in [0, 0.05) is 36.4 Å². The highest BCUT2D eigenvalue weighted by atomic mass is 35.5. The van der Waals surface area contributed by atoms with E-state index in [0.29, 0.717) is 28.2 Å². The number of alkyl halides is 6. The molecular weight excluding hydrogens is 526 g/mol. The number of ether oxygens (including phenoxy) is 1. The molecule has 7 nitrogen and oxygen atoms in total.